The summed E-state index contributed by atoms with van der Waals surface area (Å²) >= 11 is 0. The number of benzene rings is 2. The number of hydrogen-bond donors (Lipinski definition) is 1. The minimum absolute atomic E-state index is 0.0296. The molecular weight excluding hydrogens is 332 g/mol. The average molecular weight is 352 g/mol. The smallest absolute Gasteiger partial charge is 0.323 e. The molecule has 0 atom stereocenters. The summed E-state index contributed by atoms with van der Waals surface area (Å²) in [5.74, 6) is -1.29. The van der Waals surface area contributed by atoms with Crippen LogP contribution in [0.2, 0.25) is 0 Å². The van der Waals surface area contributed by atoms with Gasteiger partial charge < -0.3 is 9.47 Å². The van der Waals surface area contributed by atoms with Crippen molar-refractivity contribution in [1.29, 1.82) is 0 Å². The number of ether oxygens (including phenoxy) is 2. The Kier molecular flexibility index (Phi) is 6.16. The van der Waals surface area contributed by atoms with E-state index in [9.17, 15) is 13.2 Å². The number of carbonyl (C=O) groups is 1. The predicted octanol–water partition coefficient (Wildman–Crippen LogP) is 2.60. The van der Waals surface area contributed by atoms with E-state index in [1.807, 2.05) is 18.2 Å². The third kappa shape index (κ3) is 5.82. The molecule has 2 aromatic carbocycles. The number of fused-ring (bicyclic) bond motifs is 1. The second-order valence-corrected chi connectivity index (χ2v) is 6.80. The van der Waals surface area contributed by atoms with Crippen LogP contribution in [0.5, 0.6) is 5.75 Å². The molecule has 24 heavy (non-hydrogen) atoms. The second-order valence-electron chi connectivity index (χ2n) is 5.35. The van der Waals surface area contributed by atoms with E-state index in [-0.39, 0.29) is 6.61 Å². The molecule has 2 rings (SSSR count). The van der Waals surface area contributed by atoms with Crippen molar-refractivity contribution in [3.8, 4) is 5.75 Å². The van der Waals surface area contributed by atoms with E-state index >= 15 is 0 Å². The first-order chi connectivity index (χ1) is 11.4. The monoisotopic (exact) mass is 352 g/mol. The molecule has 130 valence electrons. The van der Waals surface area contributed by atoms with Crippen LogP contribution in [-0.2, 0) is 26.1 Å². The van der Waals surface area contributed by atoms with Crippen LogP contribution in [0, 0.1) is 0 Å². The summed E-state index contributed by atoms with van der Waals surface area (Å²) in [4.78, 5) is 11.1. The average Bonchev–Trinajstić information content (AvgIpc) is 2.52. The summed E-state index contributed by atoms with van der Waals surface area (Å²) in [5.41, 5.74) is 1.28. The van der Waals surface area contributed by atoms with Gasteiger partial charge in [0, 0.05) is 6.42 Å². The molecule has 2 aromatic rings. The van der Waals surface area contributed by atoms with Crippen molar-refractivity contribution in [3.63, 3.8) is 0 Å². The Balaban J connectivity index is 1.78. The Bertz CT molecular complexity index is 813. The standard InChI is InChI=1S/C17H20O6S/c1-2-13-4-5-15-11-16(7-6-14(15)10-13)22-8-3-9-23-17(18)12-24(19,20)21/h4-7,10-11H,2-3,8-9,12H2,1H3,(H,19,20,21). The van der Waals surface area contributed by atoms with E-state index in [2.05, 4.69) is 25.1 Å². The van der Waals surface area contributed by atoms with Gasteiger partial charge in [-0.25, -0.2) is 0 Å². The summed E-state index contributed by atoms with van der Waals surface area (Å²) < 4.78 is 39.8. The normalized spacial score (nSPS) is 11.4. The lowest BCUT2D eigenvalue weighted by molar-refractivity contribution is -0.140. The fourth-order valence-corrected chi connectivity index (χ4v) is 2.59. The zero-order valence-electron chi connectivity index (χ0n) is 13.4. The molecular formula is C17H20O6S. The fraction of sp³-hybridized carbons (Fsp3) is 0.353. The third-order valence-electron chi connectivity index (χ3n) is 3.41. The van der Waals surface area contributed by atoms with Crippen LogP contribution in [0.3, 0.4) is 0 Å². The first kappa shape index (κ1) is 18.2. The summed E-state index contributed by atoms with van der Waals surface area (Å²) in [7, 11) is -4.34. The quantitative estimate of drug-likeness (QED) is 0.446. The van der Waals surface area contributed by atoms with Crippen molar-refractivity contribution in [2.24, 2.45) is 0 Å². The molecule has 0 fully saturated rings. The highest BCUT2D eigenvalue weighted by molar-refractivity contribution is 7.86. The van der Waals surface area contributed by atoms with Gasteiger partial charge in [0.2, 0.25) is 0 Å². The SMILES string of the molecule is CCc1ccc2cc(OCCCOC(=O)CS(=O)(=O)O)ccc2c1. The van der Waals surface area contributed by atoms with Gasteiger partial charge in [-0.2, -0.15) is 8.42 Å². The van der Waals surface area contributed by atoms with Gasteiger partial charge >= 0.3 is 5.97 Å². The van der Waals surface area contributed by atoms with E-state index in [0.29, 0.717) is 13.0 Å². The van der Waals surface area contributed by atoms with Gasteiger partial charge in [-0.05, 0) is 34.9 Å². The molecule has 0 saturated carbocycles. The molecule has 0 bridgehead atoms. The van der Waals surface area contributed by atoms with E-state index in [0.717, 1.165) is 22.9 Å². The molecule has 0 aromatic heterocycles. The van der Waals surface area contributed by atoms with Crippen LogP contribution in [0.15, 0.2) is 36.4 Å². The maximum atomic E-state index is 11.1. The Labute approximate surface area is 141 Å². The first-order valence-electron chi connectivity index (χ1n) is 7.63. The van der Waals surface area contributed by atoms with Gasteiger partial charge in [-0.3, -0.25) is 9.35 Å². The molecule has 6 nitrogen and oxygen atoms in total. The molecule has 0 radical (unpaired) electrons. The second kappa shape index (κ2) is 8.12. The van der Waals surface area contributed by atoms with Crippen LogP contribution in [0.4, 0.5) is 0 Å². The Morgan fingerprint density at radius 1 is 1.08 bits per heavy atom. The van der Waals surface area contributed by atoms with Crippen molar-refractivity contribution >= 4 is 26.9 Å². The van der Waals surface area contributed by atoms with Gasteiger partial charge in [0.15, 0.2) is 5.75 Å². The van der Waals surface area contributed by atoms with Crippen molar-refractivity contribution in [2.45, 2.75) is 19.8 Å². The fourth-order valence-electron chi connectivity index (χ4n) is 2.21. The zero-order valence-corrected chi connectivity index (χ0v) is 14.2. The van der Waals surface area contributed by atoms with Crippen LogP contribution < -0.4 is 4.74 Å². The summed E-state index contributed by atoms with van der Waals surface area (Å²) in [5, 5.41) is 2.24. The van der Waals surface area contributed by atoms with Crippen LogP contribution in [0.25, 0.3) is 10.8 Å². The van der Waals surface area contributed by atoms with Crippen LogP contribution >= 0.6 is 0 Å². The van der Waals surface area contributed by atoms with E-state index < -0.39 is 21.8 Å². The number of rotatable bonds is 8. The van der Waals surface area contributed by atoms with Gasteiger partial charge in [0.05, 0.1) is 13.2 Å². The molecule has 0 aliphatic carbocycles. The largest absolute Gasteiger partial charge is 0.493 e. The lowest BCUT2D eigenvalue weighted by Gasteiger charge is -2.08. The van der Waals surface area contributed by atoms with E-state index in [1.54, 1.807) is 0 Å². The molecule has 7 heteroatoms. The van der Waals surface area contributed by atoms with E-state index in [1.165, 1.54) is 5.56 Å². The lowest BCUT2D eigenvalue weighted by atomic mass is 10.1. The van der Waals surface area contributed by atoms with E-state index in [4.69, 9.17) is 14.0 Å². The molecule has 0 aliphatic heterocycles. The number of carbonyl (C=O) groups excluding carboxylic acids is 1. The predicted molar refractivity (Wildman–Crippen MR) is 90.8 cm³/mol. The molecule has 0 unspecified atom stereocenters. The van der Waals surface area contributed by atoms with Gasteiger partial charge in [-0.1, -0.05) is 31.2 Å². The molecule has 0 heterocycles. The highest BCUT2D eigenvalue weighted by atomic mass is 32.2. The zero-order chi connectivity index (χ0) is 17.6. The minimum atomic E-state index is -4.34. The summed E-state index contributed by atoms with van der Waals surface area (Å²) in [6, 6.07) is 12.1. The maximum absolute atomic E-state index is 11.1. The van der Waals surface area contributed by atoms with Gasteiger partial charge in [0.1, 0.15) is 5.75 Å². The van der Waals surface area contributed by atoms with Crippen LogP contribution in [0.1, 0.15) is 18.9 Å². The maximum Gasteiger partial charge on any atom is 0.323 e. The Morgan fingerprint density at radius 2 is 1.79 bits per heavy atom. The highest BCUT2D eigenvalue weighted by Crippen LogP contribution is 2.22. The molecule has 0 saturated heterocycles. The van der Waals surface area contributed by atoms with Gasteiger partial charge in [-0.15, -0.1) is 0 Å². The minimum Gasteiger partial charge on any atom is -0.493 e. The molecule has 1 N–H and O–H groups in total. The number of esters is 1. The lowest BCUT2D eigenvalue weighted by Crippen LogP contribution is -2.18. The first-order valence-corrected chi connectivity index (χ1v) is 9.24. The van der Waals surface area contributed by atoms with Crippen molar-refractivity contribution < 1.29 is 27.2 Å². The highest BCUT2D eigenvalue weighted by Gasteiger charge is 2.13. The number of hydrogen-bond acceptors (Lipinski definition) is 5. The summed E-state index contributed by atoms with van der Waals surface area (Å²) in [6.07, 6.45) is 1.41. The molecule has 0 amide bonds. The summed E-state index contributed by atoms with van der Waals surface area (Å²) in [6.45, 7) is 2.47. The molecule has 0 spiro atoms. The Morgan fingerprint density at radius 3 is 2.50 bits per heavy atom. The third-order valence-corrected chi connectivity index (χ3v) is 4.01. The topological polar surface area (TPSA) is 89.9 Å². The van der Waals surface area contributed by atoms with Crippen molar-refractivity contribution in [3.05, 3.63) is 42.0 Å². The Hall–Kier alpha value is -2.12. The molecule has 0 aliphatic rings. The number of aryl methyl sites for hydroxylation is 1. The van der Waals surface area contributed by atoms with Crippen molar-refractivity contribution in [2.75, 3.05) is 19.0 Å². The van der Waals surface area contributed by atoms with Crippen molar-refractivity contribution in [1.82, 2.24) is 0 Å². The van der Waals surface area contributed by atoms with Gasteiger partial charge in [0.25, 0.3) is 10.1 Å². The van der Waals surface area contributed by atoms with Crippen LogP contribution in [-0.4, -0.2) is 37.9 Å².